The normalized spacial score (nSPS) is 11.9. The average molecular weight is 506 g/mol. The van der Waals surface area contributed by atoms with Gasteiger partial charge in [0.05, 0.1) is 27.3 Å². The molecule has 0 atom stereocenters. The molecule has 1 aromatic heterocycles. The summed E-state index contributed by atoms with van der Waals surface area (Å²) in [7, 11) is -3.26. The highest BCUT2D eigenvalue weighted by molar-refractivity contribution is 7.98. The first-order chi connectivity index (χ1) is 15.8. The second-order valence-corrected chi connectivity index (χ2v) is 11.7. The van der Waals surface area contributed by atoms with E-state index in [1.165, 1.54) is 11.3 Å². The lowest BCUT2D eigenvalue weighted by atomic mass is 10.1. The Kier molecular flexibility index (Phi) is 8.92. The second-order valence-electron chi connectivity index (χ2n) is 7.60. The number of carbonyl (C=O) groups excluding carboxylic acids is 1. The van der Waals surface area contributed by atoms with Crippen LogP contribution in [0.2, 0.25) is 0 Å². The Labute approximate surface area is 204 Å². The number of hydrogen-bond donors (Lipinski definition) is 0. The van der Waals surface area contributed by atoms with E-state index in [9.17, 15) is 13.2 Å². The number of fused-ring (bicyclic) bond motifs is 1. The number of carbonyl (C=O) groups is 1. The number of sulfone groups is 1. The van der Waals surface area contributed by atoms with Crippen molar-refractivity contribution in [3.63, 3.8) is 0 Å². The van der Waals surface area contributed by atoms with Gasteiger partial charge < -0.3 is 4.90 Å². The van der Waals surface area contributed by atoms with Crippen LogP contribution in [0.4, 0.5) is 5.13 Å². The van der Waals surface area contributed by atoms with Gasteiger partial charge in [-0.15, -0.1) is 11.8 Å². The standard InChI is InChI=1S/C24H31N3O3S3/c1-5-26(6-2)15-16-27(24-25-23-20(31-4)9-8-10-21(23)32-24)22(28)17-18-11-13-19(14-12-18)33(29,30)7-3/h8-14H,5-7,15-17H2,1-4H3. The summed E-state index contributed by atoms with van der Waals surface area (Å²) in [6.45, 7) is 9.01. The van der Waals surface area contributed by atoms with Crippen LogP contribution in [0.5, 0.6) is 0 Å². The number of nitrogens with zero attached hydrogens (tertiary/aromatic N) is 3. The third kappa shape index (κ3) is 6.15. The lowest BCUT2D eigenvalue weighted by molar-refractivity contribution is -0.118. The van der Waals surface area contributed by atoms with Crippen molar-refractivity contribution in [1.29, 1.82) is 0 Å². The van der Waals surface area contributed by atoms with Crippen molar-refractivity contribution in [2.45, 2.75) is 37.0 Å². The van der Waals surface area contributed by atoms with Crippen LogP contribution >= 0.6 is 23.1 Å². The fourth-order valence-electron chi connectivity index (χ4n) is 3.55. The summed E-state index contributed by atoms with van der Waals surface area (Å²) >= 11 is 3.18. The van der Waals surface area contributed by atoms with E-state index in [1.54, 1.807) is 47.9 Å². The Balaban J connectivity index is 1.88. The van der Waals surface area contributed by atoms with Gasteiger partial charge >= 0.3 is 0 Å². The lowest BCUT2D eigenvalue weighted by Crippen LogP contribution is -2.39. The van der Waals surface area contributed by atoms with Crippen molar-refractivity contribution in [3.8, 4) is 0 Å². The molecule has 0 aliphatic carbocycles. The maximum Gasteiger partial charge on any atom is 0.233 e. The molecule has 9 heteroatoms. The van der Waals surface area contributed by atoms with Crippen LogP contribution in [0.15, 0.2) is 52.3 Å². The van der Waals surface area contributed by atoms with Gasteiger partial charge in [0, 0.05) is 18.0 Å². The minimum Gasteiger partial charge on any atom is -0.302 e. The maximum atomic E-state index is 13.4. The van der Waals surface area contributed by atoms with Gasteiger partial charge in [-0.1, -0.05) is 50.3 Å². The summed E-state index contributed by atoms with van der Waals surface area (Å²) in [6, 6.07) is 12.7. The highest BCUT2D eigenvalue weighted by Gasteiger charge is 2.22. The van der Waals surface area contributed by atoms with Crippen LogP contribution in [0, 0.1) is 0 Å². The van der Waals surface area contributed by atoms with E-state index in [0.29, 0.717) is 11.7 Å². The molecule has 0 saturated carbocycles. The smallest absolute Gasteiger partial charge is 0.233 e. The van der Waals surface area contributed by atoms with Crippen LogP contribution < -0.4 is 4.90 Å². The summed E-state index contributed by atoms with van der Waals surface area (Å²) in [5, 5.41) is 0.703. The van der Waals surface area contributed by atoms with E-state index >= 15 is 0 Å². The zero-order chi connectivity index (χ0) is 24.0. The van der Waals surface area contributed by atoms with E-state index in [4.69, 9.17) is 4.98 Å². The topological polar surface area (TPSA) is 70.6 Å². The third-order valence-corrected chi connectivity index (χ3v) is 9.24. The van der Waals surface area contributed by atoms with Gasteiger partial charge in [0.1, 0.15) is 0 Å². The van der Waals surface area contributed by atoms with Crippen LogP contribution in [0.3, 0.4) is 0 Å². The Morgan fingerprint density at radius 1 is 1.03 bits per heavy atom. The quantitative estimate of drug-likeness (QED) is 0.351. The van der Waals surface area contributed by atoms with Gasteiger partial charge in [0.15, 0.2) is 15.0 Å². The molecule has 0 fully saturated rings. The molecule has 0 bridgehead atoms. The molecule has 33 heavy (non-hydrogen) atoms. The number of thiazole rings is 1. The molecule has 2 aromatic carbocycles. The molecule has 6 nitrogen and oxygen atoms in total. The summed E-state index contributed by atoms with van der Waals surface area (Å²) in [5.41, 5.74) is 1.72. The molecule has 1 heterocycles. The number of likely N-dealkylation sites (N-methyl/N-ethyl adjacent to an activating group) is 1. The number of para-hydroxylation sites is 1. The molecule has 0 spiro atoms. The molecule has 0 aliphatic rings. The summed E-state index contributed by atoms with van der Waals surface area (Å²) < 4.78 is 25.2. The Morgan fingerprint density at radius 2 is 1.73 bits per heavy atom. The predicted molar refractivity (Wildman–Crippen MR) is 139 cm³/mol. The number of benzene rings is 2. The van der Waals surface area contributed by atoms with Gasteiger partial charge in [0.25, 0.3) is 0 Å². The van der Waals surface area contributed by atoms with E-state index in [2.05, 4.69) is 18.7 Å². The molecule has 0 aliphatic heterocycles. The van der Waals surface area contributed by atoms with E-state index < -0.39 is 9.84 Å². The van der Waals surface area contributed by atoms with E-state index in [0.717, 1.165) is 40.3 Å². The Morgan fingerprint density at radius 3 is 2.33 bits per heavy atom. The molecule has 178 valence electrons. The number of rotatable bonds is 11. The first-order valence-corrected chi connectivity index (χ1v) is 14.8. The van der Waals surface area contributed by atoms with Gasteiger partial charge in [-0.05, 0) is 49.2 Å². The fourth-order valence-corrected chi connectivity index (χ4v) is 6.10. The predicted octanol–water partition coefficient (Wildman–Crippen LogP) is 4.73. The zero-order valence-electron chi connectivity index (χ0n) is 19.6. The Bertz CT molecular complexity index is 1190. The largest absolute Gasteiger partial charge is 0.302 e. The molecule has 0 N–H and O–H groups in total. The van der Waals surface area contributed by atoms with Crippen LogP contribution in [-0.2, 0) is 21.1 Å². The zero-order valence-corrected chi connectivity index (χ0v) is 22.0. The van der Waals surface area contributed by atoms with Crippen LogP contribution in [-0.4, -0.2) is 62.4 Å². The van der Waals surface area contributed by atoms with Crippen LogP contribution in [0.25, 0.3) is 10.2 Å². The lowest BCUT2D eigenvalue weighted by Gasteiger charge is -2.24. The number of thioether (sulfide) groups is 1. The van der Waals surface area contributed by atoms with Crippen molar-refractivity contribution in [2.75, 3.05) is 43.1 Å². The van der Waals surface area contributed by atoms with Crippen LogP contribution in [0.1, 0.15) is 26.3 Å². The highest BCUT2D eigenvalue weighted by Crippen LogP contribution is 2.34. The fraction of sp³-hybridized carbons (Fsp3) is 0.417. The molecule has 0 saturated heterocycles. The summed E-state index contributed by atoms with van der Waals surface area (Å²) in [5.74, 6) is 0.0121. The number of aromatic nitrogens is 1. The Hall–Kier alpha value is -1.94. The third-order valence-electron chi connectivity index (χ3n) is 5.67. The average Bonchev–Trinajstić information content (AvgIpc) is 3.26. The molecular weight excluding hydrogens is 474 g/mol. The van der Waals surface area contributed by atoms with Crippen molar-refractivity contribution < 1.29 is 13.2 Å². The van der Waals surface area contributed by atoms with Crippen molar-refractivity contribution in [1.82, 2.24) is 9.88 Å². The SMILES string of the molecule is CCN(CC)CCN(C(=O)Cc1ccc(S(=O)(=O)CC)cc1)c1nc2c(SC)cccc2s1. The number of hydrogen-bond acceptors (Lipinski definition) is 7. The molecule has 3 aromatic rings. The monoisotopic (exact) mass is 505 g/mol. The van der Waals surface area contributed by atoms with E-state index in [-0.39, 0.29) is 23.0 Å². The van der Waals surface area contributed by atoms with Gasteiger partial charge in [-0.3, -0.25) is 9.69 Å². The van der Waals surface area contributed by atoms with Gasteiger partial charge in [0.2, 0.25) is 5.91 Å². The maximum absolute atomic E-state index is 13.4. The van der Waals surface area contributed by atoms with Crippen molar-refractivity contribution >= 4 is 54.2 Å². The van der Waals surface area contributed by atoms with Crippen molar-refractivity contribution in [3.05, 3.63) is 48.0 Å². The summed E-state index contributed by atoms with van der Waals surface area (Å²) in [4.78, 5) is 23.7. The summed E-state index contributed by atoms with van der Waals surface area (Å²) in [6.07, 6.45) is 2.22. The first kappa shape index (κ1) is 25.7. The van der Waals surface area contributed by atoms with E-state index in [1.807, 2.05) is 24.5 Å². The van der Waals surface area contributed by atoms with Gasteiger partial charge in [-0.25, -0.2) is 13.4 Å². The molecule has 1 amide bonds. The molecule has 0 unspecified atom stereocenters. The second kappa shape index (κ2) is 11.5. The molecule has 0 radical (unpaired) electrons. The minimum atomic E-state index is -3.26. The first-order valence-electron chi connectivity index (χ1n) is 11.1. The van der Waals surface area contributed by atoms with Gasteiger partial charge in [-0.2, -0.15) is 0 Å². The minimum absolute atomic E-state index is 0.0435. The van der Waals surface area contributed by atoms with Crippen molar-refractivity contribution in [2.24, 2.45) is 0 Å². The highest BCUT2D eigenvalue weighted by atomic mass is 32.2. The molecule has 3 rings (SSSR count). The number of anilines is 1. The molecular formula is C24H31N3O3S3. The number of amides is 1.